The summed E-state index contributed by atoms with van der Waals surface area (Å²) in [6.07, 6.45) is 1.69. The summed E-state index contributed by atoms with van der Waals surface area (Å²) >= 11 is 0. The van der Waals surface area contributed by atoms with E-state index >= 15 is 0 Å². The SMILES string of the molecule is CC(=NO)c1cnc2c(N3CCOCC3)nc(-c3cccc(C)c3)nc2c1. The number of aromatic nitrogens is 3. The normalized spacial score (nSPS) is 15.3. The molecule has 0 atom stereocenters. The average molecular weight is 363 g/mol. The van der Waals surface area contributed by atoms with Crippen LogP contribution in [0.4, 0.5) is 5.82 Å². The second-order valence-electron chi connectivity index (χ2n) is 6.62. The van der Waals surface area contributed by atoms with Gasteiger partial charge in [0.05, 0.1) is 24.4 Å². The summed E-state index contributed by atoms with van der Waals surface area (Å²) in [6.45, 7) is 6.64. The van der Waals surface area contributed by atoms with E-state index in [4.69, 9.17) is 19.9 Å². The number of morpholine rings is 1. The lowest BCUT2D eigenvalue weighted by Crippen LogP contribution is -2.37. The Morgan fingerprint density at radius 1 is 1.19 bits per heavy atom. The molecule has 1 saturated heterocycles. The van der Waals surface area contributed by atoms with E-state index in [1.807, 2.05) is 31.2 Å². The second-order valence-corrected chi connectivity index (χ2v) is 6.62. The summed E-state index contributed by atoms with van der Waals surface area (Å²) in [5.41, 5.74) is 4.80. The van der Waals surface area contributed by atoms with Crippen molar-refractivity contribution < 1.29 is 9.94 Å². The summed E-state index contributed by atoms with van der Waals surface area (Å²) in [5.74, 6) is 1.47. The molecule has 0 bridgehead atoms. The van der Waals surface area contributed by atoms with Crippen molar-refractivity contribution in [2.75, 3.05) is 31.2 Å². The molecule has 1 N–H and O–H groups in total. The number of ether oxygens (including phenoxy) is 1. The van der Waals surface area contributed by atoms with E-state index < -0.39 is 0 Å². The third kappa shape index (κ3) is 3.46. The van der Waals surface area contributed by atoms with Crippen molar-refractivity contribution in [3.05, 3.63) is 47.7 Å². The molecule has 27 heavy (non-hydrogen) atoms. The van der Waals surface area contributed by atoms with Crippen LogP contribution in [0.3, 0.4) is 0 Å². The second kappa shape index (κ2) is 7.28. The molecule has 0 radical (unpaired) electrons. The molecule has 0 saturated carbocycles. The first-order valence-electron chi connectivity index (χ1n) is 8.92. The lowest BCUT2D eigenvalue weighted by atomic mass is 10.1. The Bertz CT molecular complexity index is 1010. The van der Waals surface area contributed by atoms with Crippen molar-refractivity contribution in [2.45, 2.75) is 13.8 Å². The Hall–Kier alpha value is -3.06. The van der Waals surface area contributed by atoms with Crippen molar-refractivity contribution in [3.63, 3.8) is 0 Å². The molecular formula is C20H21N5O2. The summed E-state index contributed by atoms with van der Waals surface area (Å²) in [4.78, 5) is 16.4. The van der Waals surface area contributed by atoms with Crippen LogP contribution in [0.1, 0.15) is 18.1 Å². The highest BCUT2D eigenvalue weighted by Gasteiger charge is 2.19. The first kappa shape index (κ1) is 17.4. The van der Waals surface area contributed by atoms with Gasteiger partial charge in [0, 0.05) is 30.4 Å². The molecule has 3 aromatic rings. The average Bonchev–Trinajstić information content (AvgIpc) is 2.72. The van der Waals surface area contributed by atoms with Gasteiger partial charge in [-0.3, -0.25) is 0 Å². The Kier molecular flexibility index (Phi) is 4.68. The maximum Gasteiger partial charge on any atom is 0.162 e. The Morgan fingerprint density at radius 3 is 2.74 bits per heavy atom. The van der Waals surface area contributed by atoms with E-state index in [0.29, 0.717) is 24.7 Å². The number of anilines is 1. The minimum Gasteiger partial charge on any atom is -0.411 e. The number of hydrogen-bond donors (Lipinski definition) is 1. The molecule has 1 aromatic carbocycles. The summed E-state index contributed by atoms with van der Waals surface area (Å²) in [7, 11) is 0. The summed E-state index contributed by atoms with van der Waals surface area (Å²) < 4.78 is 5.48. The minimum atomic E-state index is 0.494. The largest absolute Gasteiger partial charge is 0.411 e. The fourth-order valence-corrected chi connectivity index (χ4v) is 3.17. The zero-order valence-electron chi connectivity index (χ0n) is 15.4. The number of benzene rings is 1. The molecular weight excluding hydrogens is 342 g/mol. The van der Waals surface area contributed by atoms with Crippen molar-refractivity contribution in [1.82, 2.24) is 15.0 Å². The molecule has 0 amide bonds. The van der Waals surface area contributed by atoms with E-state index in [2.05, 4.69) is 21.1 Å². The maximum absolute atomic E-state index is 9.09. The first-order chi connectivity index (χ1) is 13.2. The van der Waals surface area contributed by atoms with Crippen molar-refractivity contribution in [2.24, 2.45) is 5.16 Å². The maximum atomic E-state index is 9.09. The minimum absolute atomic E-state index is 0.494. The highest BCUT2D eigenvalue weighted by atomic mass is 16.5. The van der Waals surface area contributed by atoms with Crippen LogP contribution in [0.25, 0.3) is 22.4 Å². The Labute approximate surface area is 157 Å². The third-order valence-electron chi connectivity index (χ3n) is 4.67. The number of fused-ring (bicyclic) bond motifs is 1. The monoisotopic (exact) mass is 363 g/mol. The van der Waals surface area contributed by atoms with Crippen LogP contribution < -0.4 is 4.90 Å². The van der Waals surface area contributed by atoms with Gasteiger partial charge in [-0.1, -0.05) is 28.9 Å². The van der Waals surface area contributed by atoms with Gasteiger partial charge in [-0.15, -0.1) is 0 Å². The van der Waals surface area contributed by atoms with Crippen molar-refractivity contribution in [3.8, 4) is 11.4 Å². The first-order valence-corrected chi connectivity index (χ1v) is 8.92. The van der Waals surface area contributed by atoms with Crippen LogP contribution in [-0.4, -0.2) is 52.2 Å². The molecule has 0 unspecified atom stereocenters. The summed E-state index contributed by atoms with van der Waals surface area (Å²) in [6, 6.07) is 10.0. The molecule has 0 spiro atoms. The fourth-order valence-electron chi connectivity index (χ4n) is 3.17. The standard InChI is InChI=1S/C20H21N5O2/c1-13-4-3-5-15(10-13)19-22-17-11-16(14(2)24-26)12-21-18(17)20(23-19)25-6-8-27-9-7-25/h3-5,10-12,26H,6-9H2,1-2H3. The highest BCUT2D eigenvalue weighted by Crippen LogP contribution is 2.27. The van der Waals surface area contributed by atoms with E-state index in [-0.39, 0.29) is 0 Å². The van der Waals surface area contributed by atoms with Crippen molar-refractivity contribution in [1.29, 1.82) is 0 Å². The Morgan fingerprint density at radius 2 is 2.00 bits per heavy atom. The fraction of sp³-hybridized carbons (Fsp3) is 0.300. The highest BCUT2D eigenvalue weighted by molar-refractivity contribution is 6.01. The Balaban J connectivity index is 1.92. The van der Waals surface area contributed by atoms with Gasteiger partial charge in [0.25, 0.3) is 0 Å². The zero-order chi connectivity index (χ0) is 18.8. The molecule has 138 valence electrons. The molecule has 1 fully saturated rings. The number of pyridine rings is 1. The molecule has 0 aliphatic carbocycles. The molecule has 1 aliphatic rings. The van der Waals surface area contributed by atoms with Crippen LogP contribution >= 0.6 is 0 Å². The lowest BCUT2D eigenvalue weighted by Gasteiger charge is -2.28. The predicted octanol–water partition coefficient (Wildman–Crippen LogP) is 3.04. The number of rotatable bonds is 3. The van der Waals surface area contributed by atoms with Gasteiger partial charge in [-0.05, 0) is 26.0 Å². The van der Waals surface area contributed by atoms with Crippen LogP contribution in [0.2, 0.25) is 0 Å². The van der Waals surface area contributed by atoms with E-state index in [1.54, 1.807) is 13.1 Å². The van der Waals surface area contributed by atoms with Gasteiger partial charge in [0.15, 0.2) is 11.6 Å². The molecule has 7 nitrogen and oxygen atoms in total. The third-order valence-corrected chi connectivity index (χ3v) is 4.67. The number of nitrogens with zero attached hydrogens (tertiary/aromatic N) is 5. The van der Waals surface area contributed by atoms with Gasteiger partial charge < -0.3 is 14.8 Å². The molecule has 1 aliphatic heterocycles. The number of aryl methyl sites for hydroxylation is 1. The number of oxime groups is 1. The van der Waals surface area contributed by atoms with Crippen LogP contribution in [0.5, 0.6) is 0 Å². The van der Waals surface area contributed by atoms with Gasteiger partial charge in [0.2, 0.25) is 0 Å². The van der Waals surface area contributed by atoms with Gasteiger partial charge >= 0.3 is 0 Å². The molecule has 2 aromatic heterocycles. The van der Waals surface area contributed by atoms with E-state index in [0.717, 1.165) is 46.6 Å². The van der Waals surface area contributed by atoms with Gasteiger partial charge in [-0.2, -0.15) is 0 Å². The van der Waals surface area contributed by atoms with E-state index in [9.17, 15) is 0 Å². The smallest absolute Gasteiger partial charge is 0.162 e. The van der Waals surface area contributed by atoms with Crippen LogP contribution in [0.15, 0.2) is 41.7 Å². The zero-order valence-corrected chi connectivity index (χ0v) is 15.4. The molecule has 4 rings (SSSR count). The van der Waals surface area contributed by atoms with Crippen LogP contribution in [0, 0.1) is 6.92 Å². The molecule has 7 heteroatoms. The summed E-state index contributed by atoms with van der Waals surface area (Å²) in [5, 5.41) is 12.4. The quantitative estimate of drug-likeness (QED) is 0.437. The van der Waals surface area contributed by atoms with Gasteiger partial charge in [-0.25, -0.2) is 15.0 Å². The molecule has 3 heterocycles. The van der Waals surface area contributed by atoms with Gasteiger partial charge in [0.1, 0.15) is 5.52 Å². The lowest BCUT2D eigenvalue weighted by molar-refractivity contribution is 0.122. The predicted molar refractivity (Wildman–Crippen MR) is 105 cm³/mol. The van der Waals surface area contributed by atoms with E-state index in [1.165, 1.54) is 0 Å². The number of hydrogen-bond acceptors (Lipinski definition) is 7. The van der Waals surface area contributed by atoms with Crippen LogP contribution in [-0.2, 0) is 4.74 Å². The van der Waals surface area contributed by atoms with Crippen molar-refractivity contribution >= 4 is 22.6 Å². The topological polar surface area (TPSA) is 83.7 Å².